The van der Waals surface area contributed by atoms with Gasteiger partial charge in [0.05, 0.1) is 33.1 Å². The topological polar surface area (TPSA) is 73.7 Å². The molecule has 2 aromatic rings. The monoisotopic (exact) mass is 362 g/mol. The maximum Gasteiger partial charge on any atom is 0.453 e. The Balaban J connectivity index is 2.54. The molecule has 0 saturated carbocycles. The number of rotatable bonds is 5. The van der Waals surface area contributed by atoms with Gasteiger partial charge < -0.3 is 14.2 Å². The van der Waals surface area contributed by atoms with E-state index < -0.39 is 12.0 Å². The van der Waals surface area contributed by atoms with Crippen molar-refractivity contribution in [1.29, 1.82) is 0 Å². The van der Waals surface area contributed by atoms with Gasteiger partial charge in [0.25, 0.3) is 5.82 Å². The predicted molar refractivity (Wildman–Crippen MR) is 81.5 cm³/mol. The first-order valence-corrected chi connectivity index (χ1v) is 6.81. The van der Waals surface area contributed by atoms with Gasteiger partial charge in [-0.05, 0) is 12.2 Å². The summed E-state index contributed by atoms with van der Waals surface area (Å²) in [4.78, 5) is 0. The molecule has 7 nitrogen and oxygen atoms in total. The van der Waals surface area contributed by atoms with Crippen LogP contribution in [0.5, 0.6) is 17.2 Å². The SMILES string of the molecule is COc1cc(OC)c(C=Nn2c(C(F)(F)F)n[nH]c2=S)c(OC)c1. The third kappa shape index (κ3) is 3.50. The molecule has 0 radical (unpaired) electrons. The number of hydrogen-bond acceptors (Lipinski definition) is 6. The third-order valence-electron chi connectivity index (χ3n) is 2.96. The van der Waals surface area contributed by atoms with Crippen LogP contribution in [0.3, 0.4) is 0 Å². The lowest BCUT2D eigenvalue weighted by Gasteiger charge is -2.12. The summed E-state index contributed by atoms with van der Waals surface area (Å²) in [7, 11) is 4.26. The van der Waals surface area contributed by atoms with Crippen LogP contribution in [-0.2, 0) is 6.18 Å². The first kappa shape index (κ1) is 17.8. The zero-order chi connectivity index (χ0) is 17.9. The number of methoxy groups -OCH3 is 3. The Bertz CT molecular complexity index is 789. The second kappa shape index (κ2) is 6.91. The molecule has 0 saturated heterocycles. The number of ether oxygens (including phenoxy) is 3. The minimum absolute atomic E-state index is 0.301. The summed E-state index contributed by atoms with van der Waals surface area (Å²) in [6.07, 6.45) is -3.57. The molecule has 0 amide bonds. The fourth-order valence-corrected chi connectivity index (χ4v) is 2.04. The van der Waals surface area contributed by atoms with Crippen molar-refractivity contribution < 1.29 is 27.4 Å². The maximum atomic E-state index is 12.9. The number of aromatic nitrogens is 3. The molecule has 0 aliphatic carbocycles. The molecule has 0 aliphatic rings. The van der Waals surface area contributed by atoms with Gasteiger partial charge in [-0.2, -0.15) is 22.9 Å². The van der Waals surface area contributed by atoms with Crippen LogP contribution in [-0.4, -0.2) is 42.4 Å². The fourth-order valence-electron chi connectivity index (χ4n) is 1.86. The van der Waals surface area contributed by atoms with Gasteiger partial charge in [0.1, 0.15) is 17.2 Å². The van der Waals surface area contributed by atoms with Gasteiger partial charge in [-0.1, -0.05) is 0 Å². The lowest BCUT2D eigenvalue weighted by atomic mass is 10.2. The third-order valence-corrected chi connectivity index (χ3v) is 3.22. The molecule has 130 valence electrons. The number of alkyl halides is 3. The van der Waals surface area contributed by atoms with Gasteiger partial charge in [0.15, 0.2) is 0 Å². The van der Waals surface area contributed by atoms with Crippen molar-refractivity contribution in [2.24, 2.45) is 5.10 Å². The molecular formula is C13H13F3N4O3S. The quantitative estimate of drug-likeness (QED) is 0.654. The van der Waals surface area contributed by atoms with Gasteiger partial charge >= 0.3 is 6.18 Å². The highest BCUT2D eigenvalue weighted by molar-refractivity contribution is 7.71. The van der Waals surface area contributed by atoms with Crippen molar-refractivity contribution in [3.8, 4) is 17.2 Å². The normalized spacial score (nSPS) is 11.8. The molecule has 2 rings (SSSR count). The second-order valence-corrected chi connectivity index (χ2v) is 4.74. The van der Waals surface area contributed by atoms with Crippen LogP contribution < -0.4 is 14.2 Å². The van der Waals surface area contributed by atoms with Crippen LogP contribution in [0.2, 0.25) is 0 Å². The Morgan fingerprint density at radius 1 is 1.17 bits per heavy atom. The summed E-state index contributed by atoms with van der Waals surface area (Å²) < 4.78 is 54.3. The molecule has 0 unspecified atom stereocenters. The highest BCUT2D eigenvalue weighted by Gasteiger charge is 2.37. The molecule has 0 fully saturated rings. The summed E-state index contributed by atoms with van der Waals surface area (Å²) in [5, 5.41) is 8.94. The molecule has 1 N–H and O–H groups in total. The molecule has 0 aliphatic heterocycles. The Hall–Kier alpha value is -2.56. The number of halogens is 3. The van der Waals surface area contributed by atoms with Crippen molar-refractivity contribution in [1.82, 2.24) is 14.9 Å². The fraction of sp³-hybridized carbons (Fsp3) is 0.308. The van der Waals surface area contributed by atoms with Crippen molar-refractivity contribution in [3.05, 3.63) is 28.3 Å². The molecule has 11 heteroatoms. The van der Waals surface area contributed by atoms with Gasteiger partial charge in [0, 0.05) is 12.1 Å². The number of H-pyrrole nitrogens is 1. The zero-order valence-corrected chi connectivity index (χ0v) is 13.7. The van der Waals surface area contributed by atoms with E-state index >= 15 is 0 Å². The number of benzene rings is 1. The minimum atomic E-state index is -4.71. The Morgan fingerprint density at radius 2 is 1.75 bits per heavy atom. The Kier molecular flexibility index (Phi) is 5.12. The summed E-state index contributed by atoms with van der Waals surface area (Å²) in [5.74, 6) is -0.205. The highest BCUT2D eigenvalue weighted by atomic mass is 32.1. The van der Waals surface area contributed by atoms with Crippen molar-refractivity contribution in [3.63, 3.8) is 0 Å². The molecule has 0 spiro atoms. The average Bonchev–Trinajstić information content (AvgIpc) is 2.93. The van der Waals surface area contributed by atoms with E-state index in [1.54, 1.807) is 12.1 Å². The average molecular weight is 362 g/mol. The van der Waals surface area contributed by atoms with Crippen LogP contribution in [0.15, 0.2) is 17.2 Å². The molecule has 0 bridgehead atoms. The van der Waals surface area contributed by atoms with Gasteiger partial charge in [-0.25, -0.2) is 5.10 Å². The summed E-state index contributed by atoms with van der Waals surface area (Å²) in [5.41, 5.74) is 0.317. The van der Waals surface area contributed by atoms with E-state index in [-0.39, 0.29) is 4.77 Å². The molecule has 1 aromatic heterocycles. The van der Waals surface area contributed by atoms with E-state index in [4.69, 9.17) is 26.4 Å². The predicted octanol–water partition coefficient (Wildman–Crippen LogP) is 2.87. The lowest BCUT2D eigenvalue weighted by Crippen LogP contribution is -2.13. The van der Waals surface area contributed by atoms with Crippen LogP contribution in [0, 0.1) is 4.77 Å². The second-order valence-electron chi connectivity index (χ2n) is 4.35. The largest absolute Gasteiger partial charge is 0.496 e. The summed E-state index contributed by atoms with van der Waals surface area (Å²) in [6, 6.07) is 3.09. The summed E-state index contributed by atoms with van der Waals surface area (Å²) in [6.45, 7) is 0. The van der Waals surface area contributed by atoms with E-state index in [0.717, 1.165) is 6.21 Å². The molecule has 1 aromatic carbocycles. The van der Waals surface area contributed by atoms with Crippen LogP contribution >= 0.6 is 12.2 Å². The van der Waals surface area contributed by atoms with E-state index in [9.17, 15) is 13.2 Å². The van der Waals surface area contributed by atoms with E-state index in [2.05, 4.69) is 15.3 Å². The van der Waals surface area contributed by atoms with E-state index in [1.165, 1.54) is 21.3 Å². The number of hydrogen-bond donors (Lipinski definition) is 1. The van der Waals surface area contributed by atoms with E-state index in [0.29, 0.717) is 27.5 Å². The van der Waals surface area contributed by atoms with Gasteiger partial charge in [0.2, 0.25) is 4.77 Å². The van der Waals surface area contributed by atoms with Crippen LogP contribution in [0.1, 0.15) is 11.4 Å². The first-order valence-electron chi connectivity index (χ1n) is 6.40. The number of nitrogens with one attached hydrogen (secondary N) is 1. The highest BCUT2D eigenvalue weighted by Crippen LogP contribution is 2.33. The Labute approximate surface area is 139 Å². The first-order chi connectivity index (χ1) is 11.3. The van der Waals surface area contributed by atoms with Gasteiger partial charge in [-0.3, -0.25) is 0 Å². The van der Waals surface area contributed by atoms with Crippen LogP contribution in [0.25, 0.3) is 0 Å². The van der Waals surface area contributed by atoms with Crippen molar-refractivity contribution in [2.45, 2.75) is 6.18 Å². The molecular weight excluding hydrogens is 349 g/mol. The number of aromatic amines is 1. The molecule has 0 atom stereocenters. The lowest BCUT2D eigenvalue weighted by molar-refractivity contribution is -0.147. The van der Waals surface area contributed by atoms with Crippen molar-refractivity contribution in [2.75, 3.05) is 21.3 Å². The van der Waals surface area contributed by atoms with Gasteiger partial charge in [-0.15, -0.1) is 5.10 Å². The minimum Gasteiger partial charge on any atom is -0.496 e. The summed E-state index contributed by atoms with van der Waals surface area (Å²) >= 11 is 4.77. The zero-order valence-electron chi connectivity index (χ0n) is 12.8. The number of nitrogens with zero attached hydrogens (tertiary/aromatic N) is 3. The van der Waals surface area contributed by atoms with Crippen molar-refractivity contribution >= 4 is 18.4 Å². The molecule has 1 heterocycles. The van der Waals surface area contributed by atoms with E-state index in [1.807, 2.05) is 0 Å². The smallest absolute Gasteiger partial charge is 0.453 e. The van der Waals surface area contributed by atoms with Crippen LogP contribution in [0.4, 0.5) is 13.2 Å². The maximum absolute atomic E-state index is 12.9. The standard InChI is InChI=1S/C13H13F3N4O3S/c1-21-7-4-9(22-2)8(10(5-7)23-3)6-17-20-11(13(14,15)16)18-19-12(20)24/h4-6H,1-3H3,(H,19,24). The molecule has 24 heavy (non-hydrogen) atoms. The Morgan fingerprint density at radius 3 is 2.21 bits per heavy atom.